The average molecular weight is 244 g/mol. The highest BCUT2D eigenvalue weighted by atomic mass is 19.4. The lowest BCUT2D eigenvalue weighted by molar-refractivity contribution is -0.274. The van der Waals surface area contributed by atoms with E-state index in [4.69, 9.17) is 10.3 Å². The largest absolute Gasteiger partial charge is 0.573 e. The summed E-state index contributed by atoms with van der Waals surface area (Å²) in [5, 5.41) is 3.40. The number of nitrogen functional groups attached to an aromatic ring is 1. The highest BCUT2D eigenvalue weighted by molar-refractivity contribution is 5.74. The fourth-order valence-electron chi connectivity index (χ4n) is 1.32. The molecule has 0 fully saturated rings. The fourth-order valence-corrected chi connectivity index (χ4v) is 1.32. The standard InChI is InChI=1S/C10H7F3N2O2/c11-10(12,13)16-8-4-2-1-3-6(8)9-7(14)5-15-17-9/h1-5H,14H2. The molecule has 0 saturated heterocycles. The van der Waals surface area contributed by atoms with Crippen molar-refractivity contribution in [2.45, 2.75) is 6.36 Å². The van der Waals surface area contributed by atoms with Gasteiger partial charge < -0.3 is 15.0 Å². The van der Waals surface area contributed by atoms with Crippen LogP contribution in [0.3, 0.4) is 0 Å². The minimum atomic E-state index is -4.77. The Kier molecular flexibility index (Phi) is 2.66. The summed E-state index contributed by atoms with van der Waals surface area (Å²) >= 11 is 0. The van der Waals surface area contributed by atoms with Crippen LogP contribution in [0.25, 0.3) is 11.3 Å². The van der Waals surface area contributed by atoms with Crippen LogP contribution in [0.5, 0.6) is 5.75 Å². The highest BCUT2D eigenvalue weighted by Crippen LogP contribution is 2.36. The average Bonchev–Trinajstić information content (AvgIpc) is 2.63. The van der Waals surface area contributed by atoms with Gasteiger partial charge in [-0.1, -0.05) is 17.3 Å². The molecule has 17 heavy (non-hydrogen) atoms. The van der Waals surface area contributed by atoms with Crippen molar-refractivity contribution in [2.24, 2.45) is 0 Å². The van der Waals surface area contributed by atoms with Crippen molar-refractivity contribution in [1.82, 2.24) is 5.16 Å². The van der Waals surface area contributed by atoms with Gasteiger partial charge in [0.05, 0.1) is 11.8 Å². The number of alkyl halides is 3. The number of nitrogens with zero attached hydrogens (tertiary/aromatic N) is 1. The number of para-hydroxylation sites is 1. The molecule has 7 heteroatoms. The van der Waals surface area contributed by atoms with E-state index in [1.165, 1.54) is 24.4 Å². The van der Waals surface area contributed by atoms with Crippen molar-refractivity contribution >= 4 is 5.69 Å². The monoisotopic (exact) mass is 244 g/mol. The molecule has 0 atom stereocenters. The third-order valence-corrected chi connectivity index (χ3v) is 1.96. The van der Waals surface area contributed by atoms with Gasteiger partial charge in [0.25, 0.3) is 0 Å². The maximum Gasteiger partial charge on any atom is 0.573 e. The van der Waals surface area contributed by atoms with E-state index in [9.17, 15) is 13.2 Å². The van der Waals surface area contributed by atoms with Gasteiger partial charge in [-0.15, -0.1) is 13.2 Å². The van der Waals surface area contributed by atoms with Crippen LogP contribution < -0.4 is 10.5 Å². The Labute approximate surface area is 93.8 Å². The van der Waals surface area contributed by atoms with Gasteiger partial charge in [-0.3, -0.25) is 0 Å². The second-order valence-corrected chi connectivity index (χ2v) is 3.15. The van der Waals surface area contributed by atoms with Gasteiger partial charge >= 0.3 is 6.36 Å². The first-order valence-electron chi connectivity index (χ1n) is 4.52. The van der Waals surface area contributed by atoms with Gasteiger partial charge in [-0.2, -0.15) is 0 Å². The summed E-state index contributed by atoms with van der Waals surface area (Å²) in [6, 6.07) is 5.53. The van der Waals surface area contributed by atoms with E-state index >= 15 is 0 Å². The van der Waals surface area contributed by atoms with Gasteiger partial charge in [0.15, 0.2) is 5.76 Å². The van der Waals surface area contributed by atoms with Crippen molar-refractivity contribution in [2.75, 3.05) is 5.73 Å². The maximum atomic E-state index is 12.2. The van der Waals surface area contributed by atoms with Crippen LogP contribution in [0.15, 0.2) is 35.0 Å². The zero-order valence-electron chi connectivity index (χ0n) is 8.36. The van der Waals surface area contributed by atoms with E-state index in [-0.39, 0.29) is 22.8 Å². The lowest BCUT2D eigenvalue weighted by Crippen LogP contribution is -2.17. The number of aromatic nitrogens is 1. The number of anilines is 1. The molecule has 1 heterocycles. The van der Waals surface area contributed by atoms with Crippen molar-refractivity contribution in [3.63, 3.8) is 0 Å². The van der Waals surface area contributed by atoms with Crippen LogP contribution in [-0.2, 0) is 0 Å². The molecular formula is C10H7F3N2O2. The zero-order valence-corrected chi connectivity index (χ0v) is 8.36. The third kappa shape index (κ3) is 2.49. The molecule has 1 aromatic carbocycles. The van der Waals surface area contributed by atoms with Crippen LogP contribution in [0.1, 0.15) is 0 Å². The molecule has 0 aliphatic carbocycles. The Morgan fingerprint density at radius 3 is 2.53 bits per heavy atom. The van der Waals surface area contributed by atoms with Crippen LogP contribution >= 0.6 is 0 Å². The number of hydrogen-bond donors (Lipinski definition) is 1. The summed E-state index contributed by atoms with van der Waals surface area (Å²) in [7, 11) is 0. The molecule has 1 aromatic heterocycles. The van der Waals surface area contributed by atoms with E-state index in [2.05, 4.69) is 9.89 Å². The fraction of sp³-hybridized carbons (Fsp3) is 0.100. The van der Waals surface area contributed by atoms with E-state index in [1.54, 1.807) is 6.07 Å². The maximum absolute atomic E-state index is 12.2. The van der Waals surface area contributed by atoms with E-state index in [0.29, 0.717) is 0 Å². The normalized spacial score (nSPS) is 11.5. The van der Waals surface area contributed by atoms with Crippen molar-refractivity contribution in [1.29, 1.82) is 0 Å². The molecule has 0 spiro atoms. The second-order valence-electron chi connectivity index (χ2n) is 3.15. The van der Waals surface area contributed by atoms with Gasteiger partial charge in [0.1, 0.15) is 11.4 Å². The Hall–Kier alpha value is -2.18. The van der Waals surface area contributed by atoms with E-state index < -0.39 is 6.36 Å². The smallest absolute Gasteiger partial charge is 0.405 e. The number of benzene rings is 1. The summed E-state index contributed by atoms with van der Waals surface area (Å²) in [6.07, 6.45) is -3.56. The Morgan fingerprint density at radius 2 is 1.94 bits per heavy atom. The third-order valence-electron chi connectivity index (χ3n) is 1.96. The summed E-state index contributed by atoms with van der Waals surface area (Å²) < 4.78 is 45.1. The predicted molar refractivity (Wildman–Crippen MR) is 53.0 cm³/mol. The highest BCUT2D eigenvalue weighted by Gasteiger charge is 2.32. The molecule has 0 bridgehead atoms. The van der Waals surface area contributed by atoms with Crippen LogP contribution in [0.2, 0.25) is 0 Å². The Bertz CT molecular complexity index is 522. The molecule has 0 saturated carbocycles. The number of rotatable bonds is 2. The molecule has 4 nitrogen and oxygen atoms in total. The van der Waals surface area contributed by atoms with Crippen molar-refractivity contribution in [3.05, 3.63) is 30.5 Å². The Morgan fingerprint density at radius 1 is 1.24 bits per heavy atom. The lowest BCUT2D eigenvalue weighted by Gasteiger charge is -2.11. The van der Waals surface area contributed by atoms with Gasteiger partial charge in [-0.05, 0) is 12.1 Å². The SMILES string of the molecule is Nc1cnoc1-c1ccccc1OC(F)(F)F. The number of halogens is 3. The minimum Gasteiger partial charge on any atom is -0.405 e. The molecule has 0 amide bonds. The Balaban J connectivity index is 2.45. The predicted octanol–water partition coefficient (Wildman–Crippen LogP) is 2.82. The van der Waals surface area contributed by atoms with Gasteiger partial charge in [-0.25, -0.2) is 0 Å². The van der Waals surface area contributed by atoms with Crippen LogP contribution in [0, 0.1) is 0 Å². The topological polar surface area (TPSA) is 61.3 Å². The minimum absolute atomic E-state index is 0.0462. The number of ether oxygens (including phenoxy) is 1. The van der Waals surface area contributed by atoms with Gasteiger partial charge in [0, 0.05) is 0 Å². The molecule has 0 aliphatic heterocycles. The second kappa shape index (κ2) is 4.00. The zero-order chi connectivity index (χ0) is 12.5. The molecule has 0 radical (unpaired) electrons. The van der Waals surface area contributed by atoms with Crippen molar-refractivity contribution < 1.29 is 22.4 Å². The van der Waals surface area contributed by atoms with Crippen LogP contribution in [0.4, 0.5) is 18.9 Å². The van der Waals surface area contributed by atoms with Crippen LogP contribution in [-0.4, -0.2) is 11.5 Å². The molecule has 2 aromatic rings. The van der Waals surface area contributed by atoms with E-state index in [1.807, 2.05) is 0 Å². The molecule has 90 valence electrons. The quantitative estimate of drug-likeness (QED) is 0.882. The molecule has 2 N–H and O–H groups in total. The first-order chi connectivity index (χ1) is 7.97. The lowest BCUT2D eigenvalue weighted by atomic mass is 10.1. The molecule has 0 aliphatic rings. The number of hydrogen-bond acceptors (Lipinski definition) is 4. The number of nitrogens with two attached hydrogens (primary N) is 1. The van der Waals surface area contributed by atoms with E-state index in [0.717, 1.165) is 0 Å². The summed E-state index contributed by atoms with van der Waals surface area (Å²) in [5.41, 5.74) is 5.75. The van der Waals surface area contributed by atoms with Crippen molar-refractivity contribution in [3.8, 4) is 17.1 Å². The first-order valence-corrected chi connectivity index (χ1v) is 4.52. The molecule has 2 rings (SSSR count). The first kappa shape index (κ1) is 11.3. The summed E-state index contributed by atoms with van der Waals surface area (Å²) in [4.78, 5) is 0. The molecular weight excluding hydrogens is 237 g/mol. The van der Waals surface area contributed by atoms with Gasteiger partial charge in [0.2, 0.25) is 0 Å². The summed E-state index contributed by atoms with van der Waals surface area (Å²) in [5.74, 6) is -0.340. The summed E-state index contributed by atoms with van der Waals surface area (Å²) in [6.45, 7) is 0. The molecule has 0 unspecified atom stereocenters.